The SMILES string of the molecule is C/C(=N\NC(=O)Nc1cc(F)cc(F)c1)c1ncccc1C(=O)O.CCOC(=O)COC(=O)c1cc(Oc2ccc(C(F)(F)F)cc2Cl)ccc1[N+](=O)[O-]. The summed E-state index contributed by atoms with van der Waals surface area (Å²) in [6, 6.07) is 9.83. The van der Waals surface area contributed by atoms with E-state index in [9.17, 15) is 51.2 Å². The van der Waals surface area contributed by atoms with E-state index < -0.39 is 70.1 Å². The third kappa shape index (κ3) is 12.2. The Labute approximate surface area is 305 Å². The van der Waals surface area contributed by atoms with Crippen molar-refractivity contribution >= 4 is 52.6 Å². The van der Waals surface area contributed by atoms with E-state index in [1.54, 1.807) is 0 Å². The summed E-state index contributed by atoms with van der Waals surface area (Å²) in [5, 5.41) is 25.8. The summed E-state index contributed by atoms with van der Waals surface area (Å²) in [4.78, 5) is 60.4. The number of aromatic carboxylic acids is 1. The van der Waals surface area contributed by atoms with Gasteiger partial charge in [0.1, 0.15) is 34.4 Å². The van der Waals surface area contributed by atoms with E-state index in [1.165, 1.54) is 32.2 Å². The first-order chi connectivity index (χ1) is 25.4. The summed E-state index contributed by atoms with van der Waals surface area (Å²) in [6.07, 6.45) is -3.22. The van der Waals surface area contributed by atoms with Gasteiger partial charge < -0.3 is 24.6 Å². The molecular formula is C33H25ClF5N5O10. The van der Waals surface area contributed by atoms with Crippen molar-refractivity contribution in [1.29, 1.82) is 0 Å². The third-order valence-corrected chi connectivity index (χ3v) is 6.62. The topological polar surface area (TPSA) is 209 Å². The lowest BCUT2D eigenvalue weighted by molar-refractivity contribution is -0.385. The van der Waals surface area contributed by atoms with Crippen LogP contribution in [-0.2, 0) is 20.4 Å². The number of carboxylic acid groups (broad SMARTS) is 1. The van der Waals surface area contributed by atoms with Gasteiger partial charge in [0.2, 0.25) is 0 Å². The summed E-state index contributed by atoms with van der Waals surface area (Å²) in [5.41, 5.74) is -0.00537. The molecule has 4 rings (SSSR count). The molecule has 0 unspecified atom stereocenters. The number of carbonyl (C=O) groups excluding carboxylic acids is 3. The molecule has 0 aliphatic heterocycles. The minimum absolute atomic E-state index is 0.0493. The normalized spacial score (nSPS) is 11.0. The number of hydrogen-bond acceptors (Lipinski definition) is 11. The second-order valence-electron chi connectivity index (χ2n) is 10.2. The molecular weight excluding hydrogens is 757 g/mol. The molecule has 54 heavy (non-hydrogen) atoms. The van der Waals surface area contributed by atoms with Gasteiger partial charge in [0.25, 0.3) is 5.69 Å². The van der Waals surface area contributed by atoms with E-state index in [0.717, 1.165) is 42.5 Å². The van der Waals surface area contributed by atoms with Gasteiger partial charge in [-0.2, -0.15) is 18.3 Å². The van der Waals surface area contributed by atoms with Crippen molar-refractivity contribution in [3.63, 3.8) is 0 Å². The Morgan fingerprint density at radius 3 is 2.26 bits per heavy atom. The Kier molecular flexibility index (Phi) is 14.4. The lowest BCUT2D eigenvalue weighted by Crippen LogP contribution is -2.26. The van der Waals surface area contributed by atoms with E-state index >= 15 is 0 Å². The highest BCUT2D eigenvalue weighted by Gasteiger charge is 2.31. The van der Waals surface area contributed by atoms with Crippen molar-refractivity contribution in [2.45, 2.75) is 20.0 Å². The number of nitro benzene ring substituents is 1. The van der Waals surface area contributed by atoms with Crippen molar-refractivity contribution < 1.29 is 65.4 Å². The van der Waals surface area contributed by atoms with Crippen molar-refractivity contribution in [2.75, 3.05) is 18.5 Å². The average Bonchev–Trinajstić information content (AvgIpc) is 3.09. The summed E-state index contributed by atoms with van der Waals surface area (Å²) >= 11 is 5.81. The maximum Gasteiger partial charge on any atom is 0.416 e. The number of alkyl halides is 3. The van der Waals surface area contributed by atoms with Gasteiger partial charge in [0, 0.05) is 30.1 Å². The van der Waals surface area contributed by atoms with Crippen LogP contribution < -0.4 is 15.5 Å². The molecule has 4 aromatic rings. The molecule has 0 bridgehead atoms. The van der Waals surface area contributed by atoms with Crippen molar-refractivity contribution in [3.05, 3.63) is 122 Å². The molecule has 284 valence electrons. The predicted molar refractivity (Wildman–Crippen MR) is 178 cm³/mol. The molecule has 0 saturated carbocycles. The Hall–Kier alpha value is -6.70. The Bertz CT molecular complexity index is 2080. The molecule has 0 aliphatic rings. The number of aromatic nitrogens is 1. The quantitative estimate of drug-likeness (QED) is 0.0449. The van der Waals surface area contributed by atoms with Crippen LogP contribution in [-0.4, -0.2) is 57.9 Å². The maximum absolute atomic E-state index is 13.0. The Balaban J connectivity index is 0.000000297. The maximum atomic E-state index is 13.0. The Morgan fingerprint density at radius 1 is 0.981 bits per heavy atom. The van der Waals surface area contributed by atoms with Crippen LogP contribution in [0.1, 0.15) is 45.8 Å². The first-order valence-electron chi connectivity index (χ1n) is 14.8. The highest BCUT2D eigenvalue weighted by Crippen LogP contribution is 2.37. The van der Waals surface area contributed by atoms with Gasteiger partial charge in [-0.1, -0.05) is 11.6 Å². The second-order valence-corrected chi connectivity index (χ2v) is 10.6. The van der Waals surface area contributed by atoms with Gasteiger partial charge in [0.15, 0.2) is 6.61 Å². The van der Waals surface area contributed by atoms with E-state index in [1.807, 2.05) is 0 Å². The number of urea groups is 1. The number of amides is 2. The number of anilines is 1. The van der Waals surface area contributed by atoms with Crippen LogP contribution in [0.3, 0.4) is 0 Å². The number of esters is 2. The number of hydrogen-bond donors (Lipinski definition) is 3. The van der Waals surface area contributed by atoms with Crippen molar-refractivity contribution in [3.8, 4) is 11.5 Å². The first kappa shape index (κ1) is 41.7. The van der Waals surface area contributed by atoms with Gasteiger partial charge in [-0.15, -0.1) is 0 Å². The number of benzene rings is 3. The fourth-order valence-electron chi connectivity index (χ4n) is 4.03. The van der Waals surface area contributed by atoms with Crippen LogP contribution in [0.5, 0.6) is 11.5 Å². The average molecular weight is 782 g/mol. The zero-order valence-corrected chi connectivity index (χ0v) is 28.3. The third-order valence-electron chi connectivity index (χ3n) is 6.32. The van der Waals surface area contributed by atoms with Gasteiger partial charge in [0.05, 0.1) is 33.4 Å². The number of rotatable bonds is 11. The first-order valence-corrected chi connectivity index (χ1v) is 15.2. The minimum Gasteiger partial charge on any atom is -0.478 e. The van der Waals surface area contributed by atoms with Crippen LogP contribution in [0, 0.1) is 21.7 Å². The minimum atomic E-state index is -4.61. The van der Waals surface area contributed by atoms with E-state index in [4.69, 9.17) is 26.2 Å². The molecule has 3 aromatic carbocycles. The Morgan fingerprint density at radius 2 is 1.67 bits per heavy atom. The lowest BCUT2D eigenvalue weighted by atomic mass is 10.1. The van der Waals surface area contributed by atoms with Crippen LogP contribution in [0.15, 0.2) is 78.0 Å². The van der Waals surface area contributed by atoms with Crippen LogP contribution >= 0.6 is 11.6 Å². The molecule has 3 N–H and O–H groups in total. The fourth-order valence-corrected chi connectivity index (χ4v) is 4.25. The van der Waals surface area contributed by atoms with Gasteiger partial charge in [-0.05, 0) is 62.4 Å². The van der Waals surface area contributed by atoms with E-state index in [-0.39, 0.29) is 45.8 Å². The molecule has 0 radical (unpaired) electrons. The molecule has 1 heterocycles. The zero-order valence-electron chi connectivity index (χ0n) is 27.6. The standard InChI is InChI=1S/C18H13ClF3NO7.C15H12F2N4O3/c1-2-28-16(24)9-29-17(25)12-8-11(4-5-14(12)23(26)27)30-15-6-3-10(7-13(15)19)18(20,21)22;1-8(13-12(14(22)23)3-2-4-18-13)20-21-15(24)19-11-6-9(16)5-10(17)7-11/h3-8H,2,9H2,1H3;2-7H,1H3,(H,22,23)(H2,19,21,24)/b;20-8+. The summed E-state index contributed by atoms with van der Waals surface area (Å²) < 4.78 is 78.8. The molecule has 0 fully saturated rings. The molecule has 0 aliphatic carbocycles. The molecule has 15 nitrogen and oxygen atoms in total. The number of carboxylic acids is 1. The van der Waals surface area contributed by atoms with E-state index in [0.29, 0.717) is 12.1 Å². The van der Waals surface area contributed by atoms with Crippen molar-refractivity contribution in [1.82, 2.24) is 10.4 Å². The highest BCUT2D eigenvalue weighted by atomic mass is 35.5. The summed E-state index contributed by atoms with van der Waals surface area (Å²) in [7, 11) is 0. The molecule has 0 saturated heterocycles. The summed E-state index contributed by atoms with van der Waals surface area (Å²) in [6.45, 7) is 2.28. The number of pyridine rings is 1. The predicted octanol–water partition coefficient (Wildman–Crippen LogP) is 7.38. The molecule has 0 atom stereocenters. The second kappa shape index (κ2) is 18.7. The smallest absolute Gasteiger partial charge is 0.416 e. The number of carbonyl (C=O) groups is 4. The molecule has 1 aromatic heterocycles. The highest BCUT2D eigenvalue weighted by molar-refractivity contribution is 6.32. The monoisotopic (exact) mass is 781 g/mol. The number of nitro groups is 1. The summed E-state index contributed by atoms with van der Waals surface area (Å²) in [5.74, 6) is -5.23. The van der Waals surface area contributed by atoms with E-state index in [2.05, 4.69) is 25.6 Å². The zero-order chi connectivity index (χ0) is 40.2. The number of nitrogens with zero attached hydrogens (tertiary/aromatic N) is 3. The number of nitrogens with one attached hydrogen (secondary N) is 2. The van der Waals surface area contributed by atoms with Crippen LogP contribution in [0.25, 0.3) is 0 Å². The largest absolute Gasteiger partial charge is 0.478 e. The lowest BCUT2D eigenvalue weighted by Gasteiger charge is -2.12. The number of hydrazone groups is 1. The number of ether oxygens (including phenoxy) is 3. The fraction of sp³-hybridized carbons (Fsp3) is 0.152. The van der Waals surface area contributed by atoms with Crippen LogP contribution in [0.2, 0.25) is 5.02 Å². The van der Waals surface area contributed by atoms with Gasteiger partial charge in [-0.3, -0.25) is 15.1 Å². The van der Waals surface area contributed by atoms with Gasteiger partial charge >= 0.3 is 30.1 Å². The van der Waals surface area contributed by atoms with Crippen molar-refractivity contribution in [2.24, 2.45) is 5.10 Å². The van der Waals surface area contributed by atoms with Crippen LogP contribution in [0.4, 0.5) is 38.1 Å². The number of halogens is 6. The molecule has 0 spiro atoms. The molecule has 2 amide bonds. The van der Waals surface area contributed by atoms with Gasteiger partial charge in [-0.25, -0.2) is 33.4 Å². The molecule has 21 heteroatoms.